The Kier molecular flexibility index (Phi) is 25.0. The van der Waals surface area contributed by atoms with Gasteiger partial charge in [0.05, 0.1) is 173 Å². The molecular formula is C66H81F6IN14O13. The van der Waals surface area contributed by atoms with Gasteiger partial charge in [-0.2, -0.15) is 15.3 Å². The smallest absolute Gasteiger partial charge is 0.417 e. The number of anilines is 5. The monoisotopic (exact) mass is 1520 g/mol. The zero-order valence-corrected chi connectivity index (χ0v) is 59.4. The Morgan fingerprint density at radius 3 is 1.22 bits per heavy atom. The van der Waals surface area contributed by atoms with Crippen LogP contribution in [0.2, 0.25) is 0 Å². The molecule has 6 aliphatic heterocycles. The summed E-state index contributed by atoms with van der Waals surface area (Å²) in [5.41, 5.74) is 2.80. The van der Waals surface area contributed by atoms with Crippen molar-refractivity contribution in [3.8, 4) is 5.75 Å². The number of amides is 8. The molecule has 0 aliphatic carbocycles. The Balaban J connectivity index is 0.000000170. The number of benzene rings is 3. The average Bonchev–Trinajstić information content (AvgIpc) is 1.62. The first-order valence-electron chi connectivity index (χ1n) is 31.8. The number of nitrogens with one attached hydrogen (secondary N) is 2. The minimum Gasteiger partial charge on any atom is -0.444 e. The standard InChI is InChI=1S/C19H20F3N5O3.C17H26N4O4.C16H24N4O4.C13H8F3NO2.CH3I/c1-10-7-27-16(15(6-23-27)26-8-12(30-2)5-17(26)28)9-25(10)19(29)24-11-3-13(20)18(22)14(21)4-11;1-11-8-21-14(10-19(11)16(23)25-17(2,3)4)13(7-18-21)20-9-12(24-5)6-15(20)22;1-10-7-20-13(9-18(10)15(23)24-16(2,3)4)12(6-17-20)19-8-11(21)5-14(19)22;14-10-6-8(7-11(15)12(10)16)17-13(18)19-9-4-2-1-3-5-9;1-2/h3-4,6,10,12H,5,7-9H2,1-2H3,(H,24,29);7,11-12H,6,8-10H2,1-5H3;6,10-11,21H,5,7-9H2,1-4H3;1-7H,(H,17,18);1H3/t10-,12+;11-,12+;10-,11+;;/m000../s1. The molecule has 3 aromatic heterocycles. The van der Waals surface area contributed by atoms with E-state index in [2.05, 4.69) is 48.5 Å². The predicted molar refractivity (Wildman–Crippen MR) is 360 cm³/mol. The van der Waals surface area contributed by atoms with Crippen molar-refractivity contribution in [1.82, 2.24) is 44.0 Å². The van der Waals surface area contributed by atoms with Crippen LogP contribution in [0, 0.1) is 34.9 Å². The van der Waals surface area contributed by atoms with E-state index < -0.39 is 64.3 Å². The molecule has 27 nitrogen and oxygen atoms in total. The Hall–Kier alpha value is -9.03. The SMILES string of the molecule is CI.CO[C@@H]1CC(=O)N(c2cnn3c2CN(C(=O)Nc2cc(F)c(F)c(F)c2)[C@@H](C)C3)C1.CO[C@@H]1CC(=O)N(c2cnn3c2CN(C(=O)OC(C)(C)C)[C@@H](C)C3)C1.C[C@H]1Cn2ncc(N3C[C@H](O)CC3=O)c2CN1C(=O)OC(C)(C)C.O=C(Nc1cc(F)c(F)c(F)c1)Oc1ccccc1. The summed E-state index contributed by atoms with van der Waals surface area (Å²) in [7, 11) is 3.16. The van der Waals surface area contributed by atoms with Crippen molar-refractivity contribution in [1.29, 1.82) is 0 Å². The van der Waals surface area contributed by atoms with Crippen LogP contribution in [0.3, 0.4) is 0 Å². The van der Waals surface area contributed by atoms with E-state index in [-0.39, 0.29) is 103 Å². The van der Waals surface area contributed by atoms with Crippen molar-refractivity contribution in [2.75, 3.05) is 64.1 Å². The molecule has 3 fully saturated rings. The molecule has 0 saturated carbocycles. The van der Waals surface area contributed by atoms with Gasteiger partial charge in [-0.05, 0) is 79.4 Å². The summed E-state index contributed by atoms with van der Waals surface area (Å²) >= 11 is 2.15. The number of alkyl halides is 1. The largest absolute Gasteiger partial charge is 0.444 e. The predicted octanol–water partition coefficient (Wildman–Crippen LogP) is 10.1. The van der Waals surface area contributed by atoms with Crippen molar-refractivity contribution in [2.45, 2.75) is 168 Å². The van der Waals surface area contributed by atoms with Gasteiger partial charge in [0.2, 0.25) is 17.7 Å². The fraction of sp³-hybridized carbons (Fsp3) is 0.485. The fourth-order valence-electron chi connectivity index (χ4n) is 11.5. The lowest BCUT2D eigenvalue weighted by Crippen LogP contribution is -2.47. The maximum absolute atomic E-state index is 13.4. The molecule has 3 aromatic carbocycles. The molecule has 9 heterocycles. The van der Waals surface area contributed by atoms with E-state index in [1.54, 1.807) is 87.1 Å². The molecule has 6 aliphatic rings. The number of aliphatic hydroxyl groups is 1. The van der Waals surface area contributed by atoms with Gasteiger partial charge in [0, 0.05) is 44.2 Å². The molecule has 3 N–H and O–H groups in total. The summed E-state index contributed by atoms with van der Waals surface area (Å²) in [6.45, 7) is 20.3. The highest BCUT2D eigenvalue weighted by molar-refractivity contribution is 14.1. The fourth-order valence-corrected chi connectivity index (χ4v) is 11.5. The molecule has 100 heavy (non-hydrogen) atoms. The van der Waals surface area contributed by atoms with Crippen LogP contribution < -0.4 is 30.1 Å². The zero-order chi connectivity index (χ0) is 73.4. The minimum absolute atomic E-state index is 0.0186. The molecule has 12 rings (SSSR count). The van der Waals surface area contributed by atoms with E-state index in [0.29, 0.717) is 93.6 Å². The first-order valence-corrected chi connectivity index (χ1v) is 33.9. The second-order valence-electron chi connectivity index (χ2n) is 26.1. The van der Waals surface area contributed by atoms with Crippen LogP contribution in [-0.4, -0.2) is 178 Å². The molecule has 3 saturated heterocycles. The zero-order valence-electron chi connectivity index (χ0n) is 57.2. The van der Waals surface area contributed by atoms with E-state index in [0.717, 1.165) is 17.1 Å². The highest BCUT2D eigenvalue weighted by atomic mass is 127. The Labute approximate surface area is 586 Å². The average molecular weight is 1520 g/mol. The van der Waals surface area contributed by atoms with Gasteiger partial charge >= 0.3 is 24.3 Å². The van der Waals surface area contributed by atoms with Crippen molar-refractivity contribution in [2.24, 2.45) is 0 Å². The number of hydrogen-bond acceptors (Lipinski definition) is 16. The first kappa shape index (κ1) is 76.7. The number of hydrogen-bond donors (Lipinski definition) is 3. The van der Waals surface area contributed by atoms with Gasteiger partial charge in [-0.25, -0.2) is 45.5 Å². The van der Waals surface area contributed by atoms with E-state index in [4.69, 9.17) is 23.7 Å². The first-order chi connectivity index (χ1) is 47.2. The van der Waals surface area contributed by atoms with E-state index in [1.807, 2.05) is 69.7 Å². The number of ether oxygens (including phenoxy) is 5. The number of halogens is 7. The van der Waals surface area contributed by atoms with Crippen LogP contribution in [0.4, 0.5) is 74.0 Å². The number of fused-ring (bicyclic) bond motifs is 3. The van der Waals surface area contributed by atoms with E-state index >= 15 is 0 Å². The molecule has 8 amide bonds. The number of methoxy groups -OCH3 is 2. The van der Waals surface area contributed by atoms with E-state index in [1.165, 1.54) is 17.0 Å². The van der Waals surface area contributed by atoms with Crippen molar-refractivity contribution in [3.05, 3.63) is 125 Å². The highest BCUT2D eigenvalue weighted by Crippen LogP contribution is 2.35. The third-order valence-electron chi connectivity index (χ3n) is 16.4. The van der Waals surface area contributed by atoms with Crippen LogP contribution in [0.1, 0.15) is 98.7 Å². The summed E-state index contributed by atoms with van der Waals surface area (Å²) in [5.74, 6) is -8.70. The lowest BCUT2D eigenvalue weighted by Gasteiger charge is -2.36. The number of rotatable bonds is 8. The van der Waals surface area contributed by atoms with Crippen LogP contribution in [0.25, 0.3) is 0 Å². The van der Waals surface area contributed by atoms with Crippen LogP contribution >= 0.6 is 22.6 Å². The third kappa shape index (κ3) is 18.7. The summed E-state index contributed by atoms with van der Waals surface area (Å²) < 4.78 is 110. The number of para-hydroxylation sites is 1. The lowest BCUT2D eigenvalue weighted by atomic mass is 10.2. The molecule has 0 radical (unpaired) electrons. The highest BCUT2D eigenvalue weighted by Gasteiger charge is 2.41. The van der Waals surface area contributed by atoms with Crippen LogP contribution in [-0.2, 0) is 72.6 Å². The van der Waals surface area contributed by atoms with Gasteiger partial charge in [0.25, 0.3) is 0 Å². The third-order valence-corrected chi connectivity index (χ3v) is 16.4. The Bertz CT molecular complexity index is 3920. The van der Waals surface area contributed by atoms with E-state index in [9.17, 15) is 65.0 Å². The number of nitrogens with zero attached hydrogens (tertiary/aromatic N) is 12. The number of aliphatic hydroxyl groups excluding tert-OH is 1. The van der Waals surface area contributed by atoms with Gasteiger partial charge < -0.3 is 53.7 Å². The topological polar surface area (TPSA) is 283 Å². The maximum Gasteiger partial charge on any atom is 0.417 e. The lowest BCUT2D eigenvalue weighted by molar-refractivity contribution is -0.118. The van der Waals surface area contributed by atoms with Gasteiger partial charge in [-0.1, -0.05) is 40.8 Å². The maximum atomic E-state index is 13.4. The molecule has 6 aromatic rings. The van der Waals surface area contributed by atoms with Crippen molar-refractivity contribution < 1.29 is 88.7 Å². The van der Waals surface area contributed by atoms with Crippen molar-refractivity contribution >= 4 is 93.1 Å². The molecule has 542 valence electrons. The Morgan fingerprint density at radius 2 is 0.870 bits per heavy atom. The molecule has 6 atom stereocenters. The molecule has 0 bridgehead atoms. The second-order valence-corrected chi connectivity index (χ2v) is 26.1. The number of aromatic nitrogens is 6. The summed E-state index contributed by atoms with van der Waals surface area (Å²) in [6, 6.07) is 9.88. The number of carbonyl (C=O) groups is 7. The van der Waals surface area contributed by atoms with Gasteiger partial charge in [-0.3, -0.25) is 43.5 Å². The Morgan fingerprint density at radius 1 is 0.520 bits per heavy atom. The van der Waals surface area contributed by atoms with Gasteiger partial charge in [-0.15, -0.1) is 0 Å². The van der Waals surface area contributed by atoms with Gasteiger partial charge in [0.1, 0.15) is 17.0 Å². The van der Waals surface area contributed by atoms with Crippen LogP contribution in [0.15, 0.2) is 73.2 Å². The second kappa shape index (κ2) is 32.5. The summed E-state index contributed by atoms with van der Waals surface area (Å²) in [5, 5.41) is 27.3. The molecular weight excluding hydrogens is 1440 g/mol. The normalized spacial score (nSPS) is 20.1. The minimum atomic E-state index is -1.60. The summed E-state index contributed by atoms with van der Waals surface area (Å²) in [6.07, 6.45) is 3.06. The number of carbonyl (C=O) groups excluding carboxylic acids is 7. The van der Waals surface area contributed by atoms with Crippen molar-refractivity contribution in [3.63, 3.8) is 0 Å². The molecule has 0 unspecified atom stereocenters. The molecule has 0 spiro atoms. The number of β-amino-alcohol motifs (C(OH)–C–C–N with tert-alkyl or cyclic N) is 1. The summed E-state index contributed by atoms with van der Waals surface area (Å²) in [4.78, 5) is 97.5. The quantitative estimate of drug-likeness (QED) is 0.0553. The molecule has 34 heteroatoms. The van der Waals surface area contributed by atoms with Crippen LogP contribution in [0.5, 0.6) is 5.75 Å². The van der Waals surface area contributed by atoms with Gasteiger partial charge in [0.15, 0.2) is 34.9 Å². The number of urea groups is 1.